The minimum atomic E-state index is -1.12. The van der Waals surface area contributed by atoms with Crippen molar-refractivity contribution in [2.24, 2.45) is 5.73 Å². The SMILES string of the molecule is NCc1ccc(C(=O)NC2(C(=O)O)CCC2)o1. The fraction of sp³-hybridized carbons (Fsp3) is 0.455. The summed E-state index contributed by atoms with van der Waals surface area (Å²) in [5, 5.41) is 11.6. The van der Waals surface area contributed by atoms with E-state index in [2.05, 4.69) is 5.32 Å². The first-order valence-electron chi connectivity index (χ1n) is 5.42. The van der Waals surface area contributed by atoms with Crippen LogP contribution >= 0.6 is 0 Å². The second-order valence-electron chi connectivity index (χ2n) is 4.17. The molecule has 0 unspecified atom stereocenters. The molecule has 92 valence electrons. The van der Waals surface area contributed by atoms with Crippen molar-refractivity contribution >= 4 is 11.9 Å². The van der Waals surface area contributed by atoms with Gasteiger partial charge in [-0.1, -0.05) is 0 Å². The number of amides is 1. The zero-order chi connectivity index (χ0) is 12.5. The fourth-order valence-electron chi connectivity index (χ4n) is 1.81. The summed E-state index contributed by atoms with van der Waals surface area (Å²) in [5.74, 6) is -0.916. The van der Waals surface area contributed by atoms with Gasteiger partial charge < -0.3 is 20.6 Å². The van der Waals surface area contributed by atoms with E-state index in [0.717, 1.165) is 6.42 Å². The van der Waals surface area contributed by atoms with Crippen molar-refractivity contribution in [2.45, 2.75) is 31.3 Å². The van der Waals surface area contributed by atoms with Crippen molar-refractivity contribution in [1.29, 1.82) is 0 Å². The van der Waals surface area contributed by atoms with E-state index in [-0.39, 0.29) is 12.3 Å². The molecule has 1 aromatic heterocycles. The third kappa shape index (κ3) is 2.03. The highest BCUT2D eigenvalue weighted by Gasteiger charge is 2.46. The average molecular weight is 238 g/mol. The van der Waals surface area contributed by atoms with Crippen molar-refractivity contribution in [3.8, 4) is 0 Å². The van der Waals surface area contributed by atoms with Crippen molar-refractivity contribution in [3.05, 3.63) is 23.7 Å². The Bertz CT molecular complexity index is 448. The van der Waals surface area contributed by atoms with Crippen molar-refractivity contribution in [2.75, 3.05) is 0 Å². The summed E-state index contributed by atoms with van der Waals surface area (Å²) >= 11 is 0. The van der Waals surface area contributed by atoms with Crippen molar-refractivity contribution in [3.63, 3.8) is 0 Å². The monoisotopic (exact) mass is 238 g/mol. The molecule has 17 heavy (non-hydrogen) atoms. The van der Waals surface area contributed by atoms with Gasteiger partial charge in [0.1, 0.15) is 11.3 Å². The highest BCUT2D eigenvalue weighted by Crippen LogP contribution is 2.32. The zero-order valence-electron chi connectivity index (χ0n) is 9.23. The number of aliphatic carboxylic acids is 1. The van der Waals surface area contributed by atoms with Gasteiger partial charge in [0, 0.05) is 0 Å². The molecule has 6 heteroatoms. The number of nitrogens with two attached hydrogens (primary N) is 1. The number of furan rings is 1. The molecule has 1 saturated carbocycles. The summed E-state index contributed by atoms with van der Waals surface area (Å²) in [6, 6.07) is 3.09. The van der Waals surface area contributed by atoms with Crippen LogP contribution in [0.15, 0.2) is 16.5 Å². The summed E-state index contributed by atoms with van der Waals surface area (Å²) in [7, 11) is 0. The maximum Gasteiger partial charge on any atom is 0.329 e. The molecule has 0 radical (unpaired) electrons. The number of nitrogens with one attached hydrogen (secondary N) is 1. The first kappa shape index (κ1) is 11.7. The van der Waals surface area contributed by atoms with Crippen LogP contribution in [0.4, 0.5) is 0 Å². The van der Waals surface area contributed by atoms with Gasteiger partial charge in [-0.3, -0.25) is 4.79 Å². The lowest BCUT2D eigenvalue weighted by atomic mass is 9.76. The highest BCUT2D eigenvalue weighted by molar-refractivity contribution is 5.96. The zero-order valence-corrected chi connectivity index (χ0v) is 9.23. The summed E-state index contributed by atoms with van der Waals surface area (Å²) in [6.45, 7) is 0.206. The van der Waals surface area contributed by atoms with Gasteiger partial charge in [0.25, 0.3) is 5.91 Å². The molecule has 0 saturated heterocycles. The lowest BCUT2D eigenvalue weighted by molar-refractivity contribution is -0.148. The molecule has 0 aliphatic heterocycles. The molecule has 1 aliphatic rings. The second kappa shape index (κ2) is 4.21. The Kier molecular flexibility index (Phi) is 2.89. The van der Waals surface area contributed by atoms with E-state index in [1.165, 1.54) is 6.07 Å². The Hall–Kier alpha value is -1.82. The fourth-order valence-corrected chi connectivity index (χ4v) is 1.81. The molecule has 6 nitrogen and oxygen atoms in total. The second-order valence-corrected chi connectivity index (χ2v) is 4.17. The summed E-state index contributed by atoms with van der Waals surface area (Å²) < 4.78 is 5.16. The molecule has 0 spiro atoms. The molecule has 0 atom stereocenters. The van der Waals surface area contributed by atoms with Crippen LogP contribution in [0.25, 0.3) is 0 Å². The maximum atomic E-state index is 11.8. The highest BCUT2D eigenvalue weighted by atomic mass is 16.4. The molecule has 4 N–H and O–H groups in total. The third-order valence-corrected chi connectivity index (χ3v) is 3.06. The minimum absolute atomic E-state index is 0.0953. The number of carboxylic acid groups (broad SMARTS) is 1. The largest absolute Gasteiger partial charge is 0.480 e. The Balaban J connectivity index is 2.08. The van der Waals surface area contributed by atoms with Crippen molar-refractivity contribution < 1.29 is 19.1 Å². The topological polar surface area (TPSA) is 106 Å². The van der Waals surface area contributed by atoms with Crippen LogP contribution in [-0.2, 0) is 11.3 Å². The van der Waals surface area contributed by atoms with Gasteiger partial charge in [0.15, 0.2) is 5.76 Å². The predicted molar refractivity (Wildman–Crippen MR) is 58.3 cm³/mol. The average Bonchev–Trinajstić information content (AvgIpc) is 2.71. The number of carbonyl (C=O) groups is 2. The number of carboxylic acids is 1. The first-order valence-corrected chi connectivity index (χ1v) is 5.42. The van der Waals surface area contributed by atoms with Gasteiger partial charge in [-0.05, 0) is 31.4 Å². The van der Waals surface area contributed by atoms with Gasteiger partial charge in [0.2, 0.25) is 0 Å². The molecule has 1 aliphatic carbocycles. The lowest BCUT2D eigenvalue weighted by Crippen LogP contribution is -2.59. The van der Waals surface area contributed by atoms with E-state index < -0.39 is 17.4 Å². The van der Waals surface area contributed by atoms with Crippen LogP contribution in [0.2, 0.25) is 0 Å². The summed E-state index contributed by atoms with van der Waals surface area (Å²) in [5.41, 5.74) is 4.24. The smallest absolute Gasteiger partial charge is 0.329 e. The quantitative estimate of drug-likeness (QED) is 0.707. The van der Waals surface area contributed by atoms with E-state index >= 15 is 0 Å². The molecular formula is C11H14N2O4. The van der Waals surface area contributed by atoms with Crippen LogP contribution in [0.1, 0.15) is 35.6 Å². The van der Waals surface area contributed by atoms with E-state index in [0.29, 0.717) is 18.6 Å². The standard InChI is InChI=1S/C11H14N2O4/c12-6-7-2-3-8(17-7)9(14)13-11(10(15)16)4-1-5-11/h2-3H,1,4-6,12H2,(H,13,14)(H,15,16). The first-order chi connectivity index (χ1) is 8.07. The molecule has 1 aromatic rings. The number of hydrogen-bond acceptors (Lipinski definition) is 4. The van der Waals surface area contributed by atoms with Crippen LogP contribution in [-0.4, -0.2) is 22.5 Å². The maximum absolute atomic E-state index is 11.8. The Morgan fingerprint density at radius 1 is 1.47 bits per heavy atom. The van der Waals surface area contributed by atoms with E-state index in [9.17, 15) is 9.59 Å². The predicted octanol–water partition coefficient (Wildman–Crippen LogP) is 0.475. The Labute approximate surface area is 97.8 Å². The lowest BCUT2D eigenvalue weighted by Gasteiger charge is -2.37. The molecule has 1 heterocycles. The van der Waals surface area contributed by atoms with Crippen LogP contribution in [0, 0.1) is 0 Å². The summed E-state index contributed by atoms with van der Waals surface area (Å²) in [6.07, 6.45) is 1.72. The van der Waals surface area contributed by atoms with Gasteiger partial charge in [-0.2, -0.15) is 0 Å². The molecule has 2 rings (SSSR count). The molecule has 0 bridgehead atoms. The van der Waals surface area contributed by atoms with Crippen LogP contribution in [0.5, 0.6) is 0 Å². The molecule has 1 amide bonds. The van der Waals surface area contributed by atoms with E-state index in [4.69, 9.17) is 15.3 Å². The van der Waals surface area contributed by atoms with Gasteiger partial charge in [-0.25, -0.2) is 4.79 Å². The van der Waals surface area contributed by atoms with E-state index in [1.54, 1.807) is 6.07 Å². The van der Waals surface area contributed by atoms with Gasteiger partial charge in [0.05, 0.1) is 6.54 Å². The number of hydrogen-bond donors (Lipinski definition) is 3. The summed E-state index contributed by atoms with van der Waals surface area (Å²) in [4.78, 5) is 22.8. The molecule has 0 aromatic carbocycles. The van der Waals surface area contributed by atoms with Gasteiger partial charge in [-0.15, -0.1) is 0 Å². The number of rotatable bonds is 4. The molecular weight excluding hydrogens is 224 g/mol. The van der Waals surface area contributed by atoms with Crippen LogP contribution in [0.3, 0.4) is 0 Å². The van der Waals surface area contributed by atoms with Gasteiger partial charge >= 0.3 is 5.97 Å². The third-order valence-electron chi connectivity index (χ3n) is 3.06. The Morgan fingerprint density at radius 2 is 2.18 bits per heavy atom. The number of carbonyl (C=O) groups excluding carboxylic acids is 1. The van der Waals surface area contributed by atoms with Crippen molar-refractivity contribution in [1.82, 2.24) is 5.32 Å². The Morgan fingerprint density at radius 3 is 2.59 bits per heavy atom. The van der Waals surface area contributed by atoms with Crippen LogP contribution < -0.4 is 11.1 Å². The normalized spacial score (nSPS) is 17.2. The van der Waals surface area contributed by atoms with E-state index in [1.807, 2.05) is 0 Å². The molecule has 1 fully saturated rings. The minimum Gasteiger partial charge on any atom is -0.480 e.